The molecule has 3 heterocycles. The van der Waals surface area contributed by atoms with Crippen molar-refractivity contribution in [2.24, 2.45) is 0 Å². The van der Waals surface area contributed by atoms with E-state index in [1.54, 1.807) is 12.1 Å². The van der Waals surface area contributed by atoms with Crippen LogP contribution in [-0.2, 0) is 22.5 Å². The first-order chi connectivity index (χ1) is 11.9. The van der Waals surface area contributed by atoms with E-state index in [1.165, 1.54) is 0 Å². The molecule has 2 aromatic rings. The first kappa shape index (κ1) is 17.5. The average molecular weight is 343 g/mol. The van der Waals surface area contributed by atoms with Gasteiger partial charge >= 0.3 is 5.97 Å². The van der Waals surface area contributed by atoms with E-state index in [4.69, 9.17) is 9.15 Å². The Balaban J connectivity index is 1.99. The minimum atomic E-state index is -0.294. The molecule has 5 heteroatoms. The minimum absolute atomic E-state index is 0.110. The maximum atomic E-state index is 13.0. The Kier molecular flexibility index (Phi) is 4.84. The van der Waals surface area contributed by atoms with Crippen LogP contribution in [0.15, 0.2) is 22.6 Å². The molecule has 0 N–H and O–H groups in total. The number of nitrogens with zero attached hydrogens (tertiary/aromatic N) is 1. The summed E-state index contributed by atoms with van der Waals surface area (Å²) in [4.78, 5) is 25.4. The molecule has 0 radical (unpaired) electrons. The van der Waals surface area contributed by atoms with Crippen molar-refractivity contribution in [2.75, 3.05) is 0 Å². The summed E-state index contributed by atoms with van der Waals surface area (Å²) >= 11 is 0. The molecule has 1 unspecified atom stereocenters. The number of carbonyl (C=O) groups is 2. The molecule has 0 bridgehead atoms. The van der Waals surface area contributed by atoms with Crippen molar-refractivity contribution in [3.8, 4) is 0 Å². The summed E-state index contributed by atoms with van der Waals surface area (Å²) in [7, 11) is 0. The topological polar surface area (TPSA) is 61.4 Å². The van der Waals surface area contributed by atoms with Crippen LogP contribution < -0.4 is 0 Å². The number of furan rings is 1. The van der Waals surface area contributed by atoms with Crippen molar-refractivity contribution in [1.29, 1.82) is 0 Å². The maximum absolute atomic E-state index is 13.0. The van der Waals surface area contributed by atoms with Crippen LogP contribution in [0.1, 0.15) is 72.8 Å². The standard InChI is InChI=1S/C20H25NO4/c1-5-6-14-11-16-15(20(23)24-12(2)3)9-10-21(16)18(14)19(22)17-8-7-13(4)25-17/h7-8,11-12,15H,5-6,9-10H2,1-4H3. The van der Waals surface area contributed by atoms with Crippen molar-refractivity contribution in [2.45, 2.75) is 65.5 Å². The summed E-state index contributed by atoms with van der Waals surface area (Å²) in [5.74, 6) is 0.455. The van der Waals surface area contributed by atoms with E-state index >= 15 is 0 Å². The number of hydrogen-bond acceptors (Lipinski definition) is 4. The van der Waals surface area contributed by atoms with E-state index in [2.05, 4.69) is 6.92 Å². The molecule has 0 amide bonds. The van der Waals surface area contributed by atoms with Crippen LogP contribution in [0.3, 0.4) is 0 Å². The van der Waals surface area contributed by atoms with Crippen molar-refractivity contribution in [1.82, 2.24) is 4.57 Å². The van der Waals surface area contributed by atoms with Gasteiger partial charge in [-0.2, -0.15) is 0 Å². The highest BCUT2D eigenvalue weighted by Gasteiger charge is 2.35. The van der Waals surface area contributed by atoms with Crippen molar-refractivity contribution >= 4 is 11.8 Å². The van der Waals surface area contributed by atoms with Crippen LogP contribution in [0.2, 0.25) is 0 Å². The Bertz CT molecular complexity index is 797. The first-order valence-electron chi connectivity index (χ1n) is 8.96. The zero-order valence-corrected chi connectivity index (χ0v) is 15.3. The molecule has 0 aliphatic carbocycles. The van der Waals surface area contributed by atoms with Gasteiger partial charge in [-0.15, -0.1) is 0 Å². The van der Waals surface area contributed by atoms with E-state index in [9.17, 15) is 9.59 Å². The summed E-state index contributed by atoms with van der Waals surface area (Å²) in [6.45, 7) is 8.26. The number of ether oxygens (including phenoxy) is 1. The van der Waals surface area contributed by atoms with Crippen LogP contribution >= 0.6 is 0 Å². The second-order valence-electron chi connectivity index (χ2n) is 6.91. The lowest BCUT2D eigenvalue weighted by atomic mass is 10.0. The van der Waals surface area contributed by atoms with Gasteiger partial charge in [-0.1, -0.05) is 13.3 Å². The van der Waals surface area contributed by atoms with E-state index in [1.807, 2.05) is 31.4 Å². The Morgan fingerprint density at radius 1 is 1.36 bits per heavy atom. The third-order valence-corrected chi connectivity index (χ3v) is 4.54. The van der Waals surface area contributed by atoms with Gasteiger partial charge in [0.1, 0.15) is 5.76 Å². The molecular weight excluding hydrogens is 318 g/mol. The molecule has 0 saturated carbocycles. The van der Waals surface area contributed by atoms with E-state index in [-0.39, 0.29) is 23.8 Å². The Morgan fingerprint density at radius 3 is 2.72 bits per heavy atom. The molecule has 0 fully saturated rings. The van der Waals surface area contributed by atoms with Crippen LogP contribution in [-0.4, -0.2) is 22.4 Å². The van der Waals surface area contributed by atoms with Gasteiger partial charge in [0, 0.05) is 12.2 Å². The van der Waals surface area contributed by atoms with Crippen molar-refractivity contribution in [3.05, 3.63) is 46.7 Å². The van der Waals surface area contributed by atoms with Crippen LogP contribution in [0.5, 0.6) is 0 Å². The third-order valence-electron chi connectivity index (χ3n) is 4.54. The average Bonchev–Trinajstić information content (AvgIpc) is 3.21. The van der Waals surface area contributed by atoms with Gasteiger partial charge in [0.05, 0.1) is 17.7 Å². The Morgan fingerprint density at radius 2 is 2.12 bits per heavy atom. The number of fused-ring (bicyclic) bond motifs is 1. The zero-order valence-electron chi connectivity index (χ0n) is 15.3. The summed E-state index contributed by atoms with van der Waals surface area (Å²) in [6.07, 6.45) is 2.26. The lowest BCUT2D eigenvalue weighted by molar-refractivity contribution is -0.149. The fourth-order valence-electron chi connectivity index (χ4n) is 3.52. The summed E-state index contributed by atoms with van der Waals surface area (Å²) in [6, 6.07) is 5.52. The number of rotatable bonds is 6. The predicted molar refractivity (Wildman–Crippen MR) is 93.9 cm³/mol. The highest BCUT2D eigenvalue weighted by atomic mass is 16.5. The maximum Gasteiger partial charge on any atom is 0.315 e. The van der Waals surface area contributed by atoms with Crippen molar-refractivity contribution < 1.29 is 18.7 Å². The smallest absolute Gasteiger partial charge is 0.315 e. The quantitative estimate of drug-likeness (QED) is 0.587. The monoisotopic (exact) mass is 343 g/mol. The summed E-state index contributed by atoms with van der Waals surface area (Å²) in [5.41, 5.74) is 2.53. The largest absolute Gasteiger partial charge is 0.462 e. The number of aryl methyl sites for hydroxylation is 2. The van der Waals surface area contributed by atoms with Gasteiger partial charge in [-0.3, -0.25) is 9.59 Å². The Hall–Kier alpha value is -2.30. The van der Waals surface area contributed by atoms with E-state index < -0.39 is 0 Å². The SMILES string of the molecule is CCCc1cc2n(c1C(=O)c1ccc(C)o1)CCC2C(=O)OC(C)C. The van der Waals surface area contributed by atoms with E-state index in [0.717, 1.165) is 24.1 Å². The van der Waals surface area contributed by atoms with Crippen LogP contribution in [0, 0.1) is 6.92 Å². The van der Waals surface area contributed by atoms with Gasteiger partial charge < -0.3 is 13.7 Å². The van der Waals surface area contributed by atoms with Gasteiger partial charge in [-0.05, 0) is 57.4 Å². The summed E-state index contributed by atoms with van der Waals surface area (Å²) in [5, 5.41) is 0. The molecule has 134 valence electrons. The van der Waals surface area contributed by atoms with Gasteiger partial charge in [0.25, 0.3) is 0 Å². The number of aromatic nitrogens is 1. The second kappa shape index (κ2) is 6.90. The fraction of sp³-hybridized carbons (Fsp3) is 0.500. The van der Waals surface area contributed by atoms with Crippen LogP contribution in [0.25, 0.3) is 0 Å². The summed E-state index contributed by atoms with van der Waals surface area (Å²) < 4.78 is 12.9. The third kappa shape index (κ3) is 3.28. The molecule has 1 aliphatic heterocycles. The molecule has 0 saturated heterocycles. The molecule has 0 aromatic carbocycles. The molecular formula is C20H25NO4. The predicted octanol–water partition coefficient (Wildman–Crippen LogP) is 4.01. The number of esters is 1. The Labute approximate surface area is 148 Å². The molecule has 2 aromatic heterocycles. The number of hydrogen-bond donors (Lipinski definition) is 0. The highest BCUT2D eigenvalue weighted by Crippen LogP contribution is 2.35. The van der Waals surface area contributed by atoms with Gasteiger partial charge in [0.2, 0.25) is 5.78 Å². The van der Waals surface area contributed by atoms with E-state index in [0.29, 0.717) is 30.2 Å². The highest BCUT2D eigenvalue weighted by molar-refractivity contribution is 6.07. The minimum Gasteiger partial charge on any atom is -0.462 e. The lowest BCUT2D eigenvalue weighted by Crippen LogP contribution is -2.18. The molecule has 5 nitrogen and oxygen atoms in total. The first-order valence-corrected chi connectivity index (χ1v) is 8.96. The fourth-order valence-corrected chi connectivity index (χ4v) is 3.52. The molecule has 25 heavy (non-hydrogen) atoms. The molecule has 3 rings (SSSR count). The molecule has 1 aliphatic rings. The van der Waals surface area contributed by atoms with Crippen LogP contribution in [0.4, 0.5) is 0 Å². The molecule has 0 spiro atoms. The lowest BCUT2D eigenvalue weighted by Gasteiger charge is -2.12. The van der Waals surface area contributed by atoms with Gasteiger partial charge in [-0.25, -0.2) is 0 Å². The number of carbonyl (C=O) groups excluding carboxylic acids is 2. The van der Waals surface area contributed by atoms with Gasteiger partial charge in [0.15, 0.2) is 5.76 Å². The normalized spacial score (nSPS) is 16.3. The zero-order chi connectivity index (χ0) is 18.1. The second-order valence-corrected chi connectivity index (χ2v) is 6.91. The number of ketones is 1. The molecule has 1 atom stereocenters. The van der Waals surface area contributed by atoms with Crippen molar-refractivity contribution in [3.63, 3.8) is 0 Å².